The van der Waals surface area contributed by atoms with Gasteiger partial charge < -0.3 is 9.73 Å². The van der Waals surface area contributed by atoms with Gasteiger partial charge in [-0.2, -0.15) is 9.40 Å². The van der Waals surface area contributed by atoms with E-state index in [9.17, 15) is 13.2 Å². The highest BCUT2D eigenvalue weighted by atomic mass is 32.2. The van der Waals surface area contributed by atoms with Crippen LogP contribution in [0.15, 0.2) is 33.9 Å². The quantitative estimate of drug-likeness (QED) is 0.793. The zero-order valence-corrected chi connectivity index (χ0v) is 16.6. The van der Waals surface area contributed by atoms with Gasteiger partial charge in [0.15, 0.2) is 5.76 Å². The first-order valence-corrected chi connectivity index (χ1v) is 11.4. The molecule has 0 aromatic carbocycles. The highest BCUT2D eigenvalue weighted by molar-refractivity contribution is 7.89. The minimum absolute atomic E-state index is 0.0237. The number of amides is 1. The lowest BCUT2D eigenvalue weighted by molar-refractivity contribution is -0.127. The maximum absolute atomic E-state index is 13.0. The number of sulfonamides is 1. The molecule has 2 aromatic heterocycles. The van der Waals surface area contributed by atoms with E-state index in [1.807, 2.05) is 0 Å². The van der Waals surface area contributed by atoms with Crippen LogP contribution >= 0.6 is 0 Å². The topological polar surface area (TPSA) is 108 Å². The van der Waals surface area contributed by atoms with Crippen molar-refractivity contribution >= 4 is 15.9 Å². The minimum atomic E-state index is -3.78. The average molecular weight is 407 g/mol. The van der Waals surface area contributed by atoms with Gasteiger partial charge in [-0.3, -0.25) is 9.89 Å². The molecule has 2 N–H and O–H groups in total. The molecule has 1 aliphatic carbocycles. The fourth-order valence-corrected chi connectivity index (χ4v) is 5.50. The summed E-state index contributed by atoms with van der Waals surface area (Å²) in [4.78, 5) is 12.7. The van der Waals surface area contributed by atoms with Gasteiger partial charge in [0.05, 0.1) is 5.92 Å². The van der Waals surface area contributed by atoms with Gasteiger partial charge >= 0.3 is 0 Å². The molecule has 8 nitrogen and oxygen atoms in total. The summed E-state index contributed by atoms with van der Waals surface area (Å²) in [5, 5.41) is 9.62. The summed E-state index contributed by atoms with van der Waals surface area (Å²) in [5.74, 6) is 0.0801. The monoisotopic (exact) mass is 406 g/mol. The molecule has 9 heteroatoms. The Morgan fingerprint density at radius 3 is 2.71 bits per heavy atom. The Kier molecular flexibility index (Phi) is 5.54. The number of furan rings is 1. The zero-order valence-electron chi connectivity index (χ0n) is 15.8. The van der Waals surface area contributed by atoms with Gasteiger partial charge in [-0.25, -0.2) is 8.42 Å². The second kappa shape index (κ2) is 8.08. The van der Waals surface area contributed by atoms with E-state index in [0.717, 1.165) is 25.7 Å². The lowest BCUT2D eigenvalue weighted by atomic mass is 9.93. The number of carbonyl (C=O) groups is 1. The molecule has 1 amide bonds. The van der Waals surface area contributed by atoms with Gasteiger partial charge in [-0.05, 0) is 43.9 Å². The molecule has 1 saturated carbocycles. The molecule has 2 aliphatic rings. The Balaban J connectivity index is 1.43. The van der Waals surface area contributed by atoms with Crippen LogP contribution in [0.25, 0.3) is 11.5 Å². The molecule has 1 saturated heterocycles. The summed E-state index contributed by atoms with van der Waals surface area (Å²) in [6.07, 6.45) is 8.50. The molecule has 28 heavy (non-hydrogen) atoms. The number of rotatable bonds is 5. The van der Waals surface area contributed by atoms with Gasteiger partial charge in [-0.15, -0.1) is 0 Å². The molecule has 0 bridgehead atoms. The Labute approximate surface area is 164 Å². The van der Waals surface area contributed by atoms with Crippen LogP contribution in [-0.4, -0.2) is 48.0 Å². The van der Waals surface area contributed by atoms with Crippen LogP contribution < -0.4 is 5.32 Å². The molecule has 1 aliphatic heterocycles. The number of nitrogens with one attached hydrogen (secondary N) is 2. The lowest BCUT2D eigenvalue weighted by Crippen LogP contribution is -2.47. The first kappa shape index (κ1) is 19.2. The Morgan fingerprint density at radius 2 is 1.96 bits per heavy atom. The molecule has 3 heterocycles. The highest BCUT2D eigenvalue weighted by Gasteiger charge is 2.35. The van der Waals surface area contributed by atoms with Crippen LogP contribution in [0.3, 0.4) is 0 Å². The molecule has 2 fully saturated rings. The summed E-state index contributed by atoms with van der Waals surface area (Å²) < 4.78 is 32.9. The van der Waals surface area contributed by atoms with E-state index >= 15 is 0 Å². The number of piperidine rings is 1. The summed E-state index contributed by atoms with van der Waals surface area (Å²) in [6, 6.07) is 5.01. The number of hydrogen-bond acceptors (Lipinski definition) is 5. The zero-order chi connectivity index (χ0) is 19.6. The van der Waals surface area contributed by atoms with Crippen molar-refractivity contribution in [1.29, 1.82) is 0 Å². The van der Waals surface area contributed by atoms with E-state index in [1.165, 1.54) is 16.8 Å². The SMILES string of the molecule is O=C(NC1CCCCC1)[C@H]1CCCN(S(=O)(=O)c2ccc(-c3ccn[nH]3)o2)C1. The molecule has 152 valence electrons. The molecule has 4 rings (SSSR count). The number of hydrogen-bond donors (Lipinski definition) is 2. The van der Waals surface area contributed by atoms with Crippen molar-refractivity contribution in [3.8, 4) is 11.5 Å². The van der Waals surface area contributed by atoms with Crippen molar-refractivity contribution < 1.29 is 17.6 Å². The first-order valence-electron chi connectivity index (χ1n) is 9.94. The second-order valence-electron chi connectivity index (χ2n) is 7.63. The van der Waals surface area contributed by atoms with Crippen LogP contribution in [0.2, 0.25) is 0 Å². The van der Waals surface area contributed by atoms with Crippen molar-refractivity contribution in [3.63, 3.8) is 0 Å². The fourth-order valence-electron chi connectivity index (χ4n) is 4.06. The van der Waals surface area contributed by atoms with Crippen molar-refractivity contribution in [3.05, 3.63) is 24.4 Å². The highest BCUT2D eigenvalue weighted by Crippen LogP contribution is 2.28. The standard InChI is InChI=1S/C19H26N4O4S/c24-19(21-15-6-2-1-3-7-15)14-5-4-12-23(13-14)28(25,26)18-9-8-17(27-18)16-10-11-20-22-16/h8-11,14-15H,1-7,12-13H2,(H,20,22)(H,21,24)/t14-/m0/s1. The van der Waals surface area contributed by atoms with E-state index in [-0.39, 0.29) is 29.5 Å². The normalized spacial score (nSPS) is 22.2. The van der Waals surface area contributed by atoms with Crippen LogP contribution in [-0.2, 0) is 14.8 Å². The summed E-state index contributed by atoms with van der Waals surface area (Å²) in [7, 11) is -3.78. The molecular formula is C19H26N4O4S. The molecule has 2 aromatic rings. The smallest absolute Gasteiger partial charge is 0.276 e. The van der Waals surface area contributed by atoms with Crippen LogP contribution in [0.4, 0.5) is 0 Å². The Morgan fingerprint density at radius 1 is 1.14 bits per heavy atom. The number of H-pyrrole nitrogens is 1. The predicted molar refractivity (Wildman–Crippen MR) is 103 cm³/mol. The average Bonchev–Trinajstić information content (AvgIpc) is 3.41. The van der Waals surface area contributed by atoms with E-state index in [0.29, 0.717) is 30.8 Å². The predicted octanol–water partition coefficient (Wildman–Crippen LogP) is 2.52. The van der Waals surface area contributed by atoms with Crippen LogP contribution in [0.1, 0.15) is 44.9 Å². The van der Waals surface area contributed by atoms with Crippen LogP contribution in [0, 0.1) is 5.92 Å². The van der Waals surface area contributed by atoms with Gasteiger partial charge in [0.2, 0.25) is 11.0 Å². The van der Waals surface area contributed by atoms with Gasteiger partial charge in [-0.1, -0.05) is 19.3 Å². The van der Waals surface area contributed by atoms with E-state index in [2.05, 4.69) is 15.5 Å². The molecular weight excluding hydrogens is 380 g/mol. The third-order valence-corrected chi connectivity index (χ3v) is 7.39. The van der Waals surface area contributed by atoms with Gasteiger partial charge in [0, 0.05) is 25.3 Å². The van der Waals surface area contributed by atoms with Crippen molar-refractivity contribution in [1.82, 2.24) is 19.8 Å². The molecule has 1 atom stereocenters. The number of aromatic nitrogens is 2. The van der Waals surface area contributed by atoms with E-state index < -0.39 is 10.0 Å². The van der Waals surface area contributed by atoms with E-state index in [4.69, 9.17) is 4.42 Å². The second-order valence-corrected chi connectivity index (χ2v) is 9.50. The van der Waals surface area contributed by atoms with Gasteiger partial charge in [0.25, 0.3) is 10.0 Å². The molecule has 0 unspecified atom stereocenters. The summed E-state index contributed by atoms with van der Waals surface area (Å²) >= 11 is 0. The lowest BCUT2D eigenvalue weighted by Gasteiger charge is -2.32. The maximum Gasteiger partial charge on any atom is 0.276 e. The number of carbonyl (C=O) groups excluding carboxylic acids is 1. The largest absolute Gasteiger partial charge is 0.442 e. The van der Waals surface area contributed by atoms with E-state index in [1.54, 1.807) is 18.3 Å². The number of nitrogens with zero attached hydrogens (tertiary/aromatic N) is 2. The third-order valence-electron chi connectivity index (χ3n) is 5.65. The van der Waals surface area contributed by atoms with Crippen molar-refractivity contribution in [2.75, 3.05) is 13.1 Å². The number of aromatic amines is 1. The first-order chi connectivity index (χ1) is 13.5. The fraction of sp³-hybridized carbons (Fsp3) is 0.579. The molecule has 0 radical (unpaired) electrons. The van der Waals surface area contributed by atoms with Gasteiger partial charge in [0.1, 0.15) is 5.69 Å². The summed E-state index contributed by atoms with van der Waals surface area (Å²) in [5.41, 5.74) is 0.616. The molecule has 0 spiro atoms. The van der Waals surface area contributed by atoms with Crippen LogP contribution in [0.5, 0.6) is 0 Å². The minimum Gasteiger partial charge on any atom is -0.442 e. The van der Waals surface area contributed by atoms with Crippen molar-refractivity contribution in [2.45, 2.75) is 56.1 Å². The third kappa shape index (κ3) is 4.00. The summed E-state index contributed by atoms with van der Waals surface area (Å²) in [6.45, 7) is 0.594. The Hall–Kier alpha value is -2.13. The maximum atomic E-state index is 13.0. The van der Waals surface area contributed by atoms with Crippen molar-refractivity contribution in [2.24, 2.45) is 5.92 Å². The Bertz CT molecular complexity index is 900.